The highest BCUT2D eigenvalue weighted by molar-refractivity contribution is 5.96. The third kappa shape index (κ3) is 7.27. The van der Waals surface area contributed by atoms with Crippen LogP contribution in [0.5, 0.6) is 0 Å². The molecule has 0 aliphatic carbocycles. The van der Waals surface area contributed by atoms with Crippen LogP contribution in [0.2, 0.25) is 0 Å². The van der Waals surface area contributed by atoms with Crippen LogP contribution in [0.3, 0.4) is 0 Å². The van der Waals surface area contributed by atoms with Gasteiger partial charge in [0.1, 0.15) is 0 Å². The molecule has 0 amide bonds. The average Bonchev–Trinajstić information content (AvgIpc) is 2.50. The van der Waals surface area contributed by atoms with Crippen molar-refractivity contribution in [2.75, 3.05) is 0 Å². The van der Waals surface area contributed by atoms with E-state index in [1.807, 2.05) is 31.2 Å². The highest BCUT2D eigenvalue weighted by Gasteiger charge is 2.07. The number of allylic oxidation sites excluding steroid dienone is 2. The fourth-order valence-electron chi connectivity index (χ4n) is 2.40. The number of unbranched alkanes of at least 4 members (excludes halogenated alkanes) is 3. The van der Waals surface area contributed by atoms with E-state index in [-0.39, 0.29) is 5.78 Å². The lowest BCUT2D eigenvalue weighted by Gasteiger charge is -2.07. The smallest absolute Gasteiger partial charge is 0.163 e. The van der Waals surface area contributed by atoms with Crippen molar-refractivity contribution in [1.29, 1.82) is 0 Å². The Bertz CT molecular complexity index is 439. The topological polar surface area (TPSA) is 17.1 Å². The summed E-state index contributed by atoms with van der Waals surface area (Å²) in [5.74, 6) is 0.271. The molecule has 116 valence electrons. The molecule has 0 aliphatic rings. The van der Waals surface area contributed by atoms with Gasteiger partial charge >= 0.3 is 0 Å². The summed E-state index contributed by atoms with van der Waals surface area (Å²) in [5.41, 5.74) is 3.53. The summed E-state index contributed by atoms with van der Waals surface area (Å²) < 4.78 is 0. The quantitative estimate of drug-likeness (QED) is 0.281. The minimum Gasteiger partial charge on any atom is -0.294 e. The summed E-state index contributed by atoms with van der Waals surface area (Å²) in [6.07, 6.45) is 11.2. The van der Waals surface area contributed by atoms with Crippen LogP contribution in [-0.2, 0) is 0 Å². The number of carbonyl (C=O) groups excluding carboxylic acids is 1. The Kier molecular flexibility index (Phi) is 8.73. The van der Waals surface area contributed by atoms with Crippen LogP contribution in [0, 0.1) is 6.92 Å². The zero-order valence-electron chi connectivity index (χ0n) is 14.0. The zero-order valence-corrected chi connectivity index (χ0v) is 14.0. The van der Waals surface area contributed by atoms with Crippen LogP contribution >= 0.6 is 0 Å². The summed E-state index contributed by atoms with van der Waals surface area (Å²) in [4.78, 5) is 12.2. The van der Waals surface area contributed by atoms with Gasteiger partial charge < -0.3 is 0 Å². The molecule has 0 saturated heterocycles. The van der Waals surface area contributed by atoms with Crippen molar-refractivity contribution >= 4 is 5.78 Å². The predicted molar refractivity (Wildman–Crippen MR) is 91.9 cm³/mol. The van der Waals surface area contributed by atoms with Gasteiger partial charge in [0.05, 0.1) is 0 Å². The highest BCUT2D eigenvalue weighted by Crippen LogP contribution is 2.18. The standard InChI is InChI=1S/C20H30O/c1-4-6-8-10-18(9-7-5-2)13-16-20(21)19-14-11-17(3)12-15-19/h10-12,14-15H,4-9,13,16H2,1-3H3/b18-10+. The van der Waals surface area contributed by atoms with Crippen LogP contribution < -0.4 is 0 Å². The molecule has 1 rings (SSSR count). The Balaban J connectivity index is 2.52. The van der Waals surface area contributed by atoms with Gasteiger partial charge in [-0.2, -0.15) is 0 Å². The first-order chi connectivity index (χ1) is 10.2. The van der Waals surface area contributed by atoms with Gasteiger partial charge in [0.2, 0.25) is 0 Å². The van der Waals surface area contributed by atoms with Gasteiger partial charge in [-0.3, -0.25) is 4.79 Å². The molecular formula is C20H30O. The van der Waals surface area contributed by atoms with Crippen molar-refractivity contribution in [3.05, 3.63) is 47.0 Å². The van der Waals surface area contributed by atoms with Gasteiger partial charge in [-0.25, -0.2) is 0 Å². The molecule has 0 unspecified atom stereocenters. The highest BCUT2D eigenvalue weighted by atomic mass is 16.1. The molecule has 1 aromatic carbocycles. The first-order valence-electron chi connectivity index (χ1n) is 8.45. The third-order valence-corrected chi connectivity index (χ3v) is 3.89. The first-order valence-corrected chi connectivity index (χ1v) is 8.45. The molecule has 0 radical (unpaired) electrons. The van der Waals surface area contributed by atoms with Gasteiger partial charge in [0.25, 0.3) is 0 Å². The van der Waals surface area contributed by atoms with Crippen molar-refractivity contribution in [2.24, 2.45) is 0 Å². The van der Waals surface area contributed by atoms with E-state index < -0.39 is 0 Å². The Hall–Kier alpha value is -1.37. The average molecular weight is 286 g/mol. The van der Waals surface area contributed by atoms with Gasteiger partial charge in [-0.05, 0) is 32.6 Å². The zero-order chi connectivity index (χ0) is 15.5. The molecule has 0 bridgehead atoms. The maximum Gasteiger partial charge on any atom is 0.163 e. The van der Waals surface area contributed by atoms with E-state index >= 15 is 0 Å². The Labute approximate surface area is 130 Å². The second kappa shape index (κ2) is 10.4. The Morgan fingerprint density at radius 3 is 2.24 bits per heavy atom. The molecule has 1 nitrogen and oxygen atoms in total. The SMILES string of the molecule is CCCC/C=C(\CCCC)CCC(=O)c1ccc(C)cc1. The number of carbonyl (C=O) groups is 1. The maximum absolute atomic E-state index is 12.2. The number of ketones is 1. The number of rotatable bonds is 10. The molecule has 0 atom stereocenters. The summed E-state index contributed by atoms with van der Waals surface area (Å²) in [5, 5.41) is 0. The van der Waals surface area contributed by atoms with Crippen molar-refractivity contribution in [3.8, 4) is 0 Å². The van der Waals surface area contributed by atoms with Crippen molar-refractivity contribution in [2.45, 2.75) is 72.1 Å². The summed E-state index contributed by atoms with van der Waals surface area (Å²) in [7, 11) is 0. The summed E-state index contributed by atoms with van der Waals surface area (Å²) >= 11 is 0. The summed E-state index contributed by atoms with van der Waals surface area (Å²) in [6, 6.07) is 7.93. The number of Topliss-reactive ketones (excluding diaryl/α,β-unsaturated/α-hetero) is 1. The normalized spacial score (nSPS) is 11.7. The van der Waals surface area contributed by atoms with Crippen LogP contribution in [0.25, 0.3) is 0 Å². The third-order valence-electron chi connectivity index (χ3n) is 3.89. The molecule has 1 heteroatoms. The summed E-state index contributed by atoms with van der Waals surface area (Å²) in [6.45, 7) is 6.50. The van der Waals surface area contributed by atoms with Gasteiger partial charge in [-0.1, -0.05) is 74.6 Å². The van der Waals surface area contributed by atoms with Crippen molar-refractivity contribution < 1.29 is 4.79 Å². The molecule has 0 fully saturated rings. The van der Waals surface area contributed by atoms with E-state index in [0.717, 1.165) is 24.8 Å². The predicted octanol–water partition coefficient (Wildman–Crippen LogP) is 6.26. The molecule has 0 spiro atoms. The molecule has 0 N–H and O–H groups in total. The van der Waals surface area contributed by atoms with Crippen molar-refractivity contribution in [1.82, 2.24) is 0 Å². The fraction of sp³-hybridized carbons (Fsp3) is 0.550. The number of aryl methyl sites for hydroxylation is 1. The van der Waals surface area contributed by atoms with Crippen molar-refractivity contribution in [3.63, 3.8) is 0 Å². The minimum atomic E-state index is 0.271. The largest absolute Gasteiger partial charge is 0.294 e. The van der Waals surface area contributed by atoms with Gasteiger partial charge in [0, 0.05) is 12.0 Å². The Morgan fingerprint density at radius 2 is 1.62 bits per heavy atom. The number of hydrogen-bond acceptors (Lipinski definition) is 1. The lowest BCUT2D eigenvalue weighted by atomic mass is 9.98. The second-order valence-electron chi connectivity index (χ2n) is 5.90. The molecule has 1 aromatic rings. The van der Waals surface area contributed by atoms with Crippen LogP contribution in [0.4, 0.5) is 0 Å². The lowest BCUT2D eigenvalue weighted by molar-refractivity contribution is 0.0982. The minimum absolute atomic E-state index is 0.271. The molecule has 0 heterocycles. The lowest BCUT2D eigenvalue weighted by Crippen LogP contribution is -2.00. The van der Waals surface area contributed by atoms with Crippen LogP contribution in [0.15, 0.2) is 35.9 Å². The van der Waals surface area contributed by atoms with E-state index in [1.165, 1.54) is 36.8 Å². The fourth-order valence-corrected chi connectivity index (χ4v) is 2.40. The molecule has 21 heavy (non-hydrogen) atoms. The second-order valence-corrected chi connectivity index (χ2v) is 5.90. The van der Waals surface area contributed by atoms with E-state index in [4.69, 9.17) is 0 Å². The monoisotopic (exact) mass is 286 g/mol. The van der Waals surface area contributed by atoms with E-state index in [1.54, 1.807) is 0 Å². The maximum atomic E-state index is 12.2. The molecule has 0 aliphatic heterocycles. The van der Waals surface area contributed by atoms with Crippen LogP contribution in [0.1, 0.15) is 81.1 Å². The first kappa shape index (κ1) is 17.7. The number of hydrogen-bond donors (Lipinski definition) is 0. The molecular weight excluding hydrogens is 256 g/mol. The molecule has 0 aromatic heterocycles. The van der Waals surface area contributed by atoms with E-state index in [9.17, 15) is 4.79 Å². The van der Waals surface area contributed by atoms with Gasteiger partial charge in [-0.15, -0.1) is 0 Å². The Morgan fingerprint density at radius 1 is 0.952 bits per heavy atom. The van der Waals surface area contributed by atoms with E-state index in [2.05, 4.69) is 19.9 Å². The van der Waals surface area contributed by atoms with Gasteiger partial charge in [0.15, 0.2) is 5.78 Å². The molecule has 0 saturated carbocycles. The number of benzene rings is 1. The van der Waals surface area contributed by atoms with E-state index in [0.29, 0.717) is 6.42 Å². The van der Waals surface area contributed by atoms with Crippen LogP contribution in [-0.4, -0.2) is 5.78 Å².